The molecule has 1 unspecified atom stereocenters. The van der Waals surface area contributed by atoms with E-state index in [-0.39, 0.29) is 16.8 Å². The Morgan fingerprint density at radius 3 is 2.57 bits per heavy atom. The van der Waals surface area contributed by atoms with Crippen LogP contribution in [0.4, 0.5) is 0 Å². The number of amides is 1. The molecule has 7 heteroatoms. The van der Waals surface area contributed by atoms with Crippen molar-refractivity contribution in [2.45, 2.75) is 17.4 Å². The highest BCUT2D eigenvalue weighted by atomic mass is 32.2. The maximum Gasteiger partial charge on any atom is 0.253 e. The Morgan fingerprint density at radius 2 is 2.00 bits per heavy atom. The van der Waals surface area contributed by atoms with Gasteiger partial charge in [0, 0.05) is 39.3 Å². The Balaban J connectivity index is 2.32. The number of benzene rings is 1. The summed E-state index contributed by atoms with van der Waals surface area (Å²) in [5, 5.41) is 3.15. The molecule has 21 heavy (non-hydrogen) atoms. The molecule has 1 aromatic carbocycles. The van der Waals surface area contributed by atoms with Crippen LogP contribution in [0.1, 0.15) is 16.8 Å². The molecular weight excluding hydrogens is 290 g/mol. The van der Waals surface area contributed by atoms with Crippen LogP contribution >= 0.6 is 0 Å². The maximum atomic E-state index is 12.6. The molecule has 1 N–H and O–H groups in total. The van der Waals surface area contributed by atoms with Crippen LogP contribution in [0, 0.1) is 0 Å². The predicted molar refractivity (Wildman–Crippen MR) is 80.7 cm³/mol. The Bertz CT molecular complexity index is 622. The minimum absolute atomic E-state index is 0.0387. The van der Waals surface area contributed by atoms with Gasteiger partial charge in [-0.2, -0.15) is 4.31 Å². The highest BCUT2D eigenvalue weighted by Gasteiger charge is 2.30. The largest absolute Gasteiger partial charge is 0.345 e. The third-order valence-electron chi connectivity index (χ3n) is 3.71. The molecule has 1 aromatic rings. The van der Waals surface area contributed by atoms with Crippen LogP contribution in [0.3, 0.4) is 0 Å². The number of nitrogens with one attached hydrogen (secondary N) is 1. The van der Waals surface area contributed by atoms with Gasteiger partial charge >= 0.3 is 0 Å². The number of likely N-dealkylation sites (N-methyl/N-ethyl adjacent to an activating group) is 1. The standard InChI is InChI=1S/C14H21N3O3S/c1-16(2)14(18)11-5-4-6-13(9-11)21(19,20)17(3)12-7-8-15-10-12/h4-6,9,12,15H,7-8,10H2,1-3H3. The Kier molecular flexibility index (Phi) is 4.65. The SMILES string of the molecule is CN(C)C(=O)c1cccc(S(=O)(=O)N(C)C2CCNC2)c1. The van der Waals surface area contributed by atoms with E-state index < -0.39 is 10.0 Å². The summed E-state index contributed by atoms with van der Waals surface area (Å²) >= 11 is 0. The summed E-state index contributed by atoms with van der Waals surface area (Å²) in [5.74, 6) is -0.211. The van der Waals surface area contributed by atoms with Crippen molar-refractivity contribution in [2.24, 2.45) is 0 Å². The first-order chi connectivity index (χ1) is 9.84. The average molecular weight is 311 g/mol. The van der Waals surface area contributed by atoms with E-state index in [9.17, 15) is 13.2 Å². The molecule has 1 aliphatic heterocycles. The average Bonchev–Trinajstić information content (AvgIpc) is 2.99. The molecule has 0 aromatic heterocycles. The second-order valence-corrected chi connectivity index (χ2v) is 7.39. The van der Waals surface area contributed by atoms with Crippen LogP contribution in [-0.4, -0.2) is 63.8 Å². The smallest absolute Gasteiger partial charge is 0.253 e. The highest BCUT2D eigenvalue weighted by molar-refractivity contribution is 7.89. The van der Waals surface area contributed by atoms with Crippen LogP contribution in [0.2, 0.25) is 0 Å². The molecule has 116 valence electrons. The summed E-state index contributed by atoms with van der Waals surface area (Å²) < 4.78 is 26.7. The van der Waals surface area contributed by atoms with Gasteiger partial charge < -0.3 is 10.2 Å². The lowest BCUT2D eigenvalue weighted by molar-refractivity contribution is 0.0827. The van der Waals surface area contributed by atoms with Gasteiger partial charge in [0.1, 0.15) is 0 Å². The van der Waals surface area contributed by atoms with Gasteiger partial charge in [0.15, 0.2) is 0 Å². The third-order valence-corrected chi connectivity index (χ3v) is 5.62. The van der Waals surface area contributed by atoms with Gasteiger partial charge in [-0.1, -0.05) is 6.07 Å². The number of rotatable bonds is 4. The number of nitrogens with zero attached hydrogens (tertiary/aromatic N) is 2. The lowest BCUT2D eigenvalue weighted by Crippen LogP contribution is -2.38. The van der Waals surface area contributed by atoms with E-state index in [2.05, 4.69) is 5.32 Å². The number of hydrogen-bond donors (Lipinski definition) is 1. The number of carbonyl (C=O) groups excluding carboxylic acids is 1. The Morgan fingerprint density at radius 1 is 1.29 bits per heavy atom. The van der Waals surface area contributed by atoms with Gasteiger partial charge in [0.05, 0.1) is 4.90 Å². The van der Waals surface area contributed by atoms with Gasteiger partial charge in [-0.05, 0) is 31.2 Å². The zero-order valence-electron chi connectivity index (χ0n) is 12.5. The molecule has 1 atom stereocenters. The number of hydrogen-bond acceptors (Lipinski definition) is 4. The molecule has 1 heterocycles. The van der Waals surface area contributed by atoms with Crippen molar-refractivity contribution in [1.82, 2.24) is 14.5 Å². The minimum atomic E-state index is -3.58. The lowest BCUT2D eigenvalue weighted by atomic mass is 10.2. The lowest BCUT2D eigenvalue weighted by Gasteiger charge is -2.23. The predicted octanol–water partition coefficient (Wildman–Crippen LogP) is 0.371. The van der Waals surface area contributed by atoms with Crippen molar-refractivity contribution >= 4 is 15.9 Å². The molecule has 1 saturated heterocycles. The van der Waals surface area contributed by atoms with Crippen molar-refractivity contribution in [3.05, 3.63) is 29.8 Å². The summed E-state index contributed by atoms with van der Waals surface area (Å²) in [7, 11) is 1.29. The molecule has 1 aliphatic rings. The number of carbonyl (C=O) groups is 1. The first-order valence-corrected chi connectivity index (χ1v) is 8.28. The van der Waals surface area contributed by atoms with Gasteiger partial charge in [-0.15, -0.1) is 0 Å². The normalized spacial score (nSPS) is 19.0. The summed E-state index contributed by atoms with van der Waals surface area (Å²) in [6, 6.07) is 6.16. The van der Waals surface area contributed by atoms with E-state index in [1.807, 2.05) is 0 Å². The van der Waals surface area contributed by atoms with Gasteiger partial charge in [-0.3, -0.25) is 4.79 Å². The van der Waals surface area contributed by atoms with Gasteiger partial charge in [-0.25, -0.2) is 8.42 Å². The molecule has 0 aliphatic carbocycles. The monoisotopic (exact) mass is 311 g/mol. The van der Waals surface area contributed by atoms with Crippen molar-refractivity contribution < 1.29 is 13.2 Å². The van der Waals surface area contributed by atoms with Crippen molar-refractivity contribution in [1.29, 1.82) is 0 Å². The van der Waals surface area contributed by atoms with E-state index in [1.165, 1.54) is 21.3 Å². The van der Waals surface area contributed by atoms with E-state index in [0.29, 0.717) is 12.1 Å². The maximum absolute atomic E-state index is 12.6. The Labute approximate surface area is 125 Å². The first-order valence-electron chi connectivity index (χ1n) is 6.84. The van der Waals surface area contributed by atoms with Crippen molar-refractivity contribution in [2.75, 3.05) is 34.2 Å². The van der Waals surface area contributed by atoms with E-state index in [0.717, 1.165) is 13.0 Å². The summed E-state index contributed by atoms with van der Waals surface area (Å²) in [6.07, 6.45) is 0.798. The van der Waals surface area contributed by atoms with Gasteiger partial charge in [0.25, 0.3) is 5.91 Å². The summed E-state index contributed by atoms with van der Waals surface area (Å²) in [6.45, 7) is 1.48. The molecule has 0 bridgehead atoms. The quantitative estimate of drug-likeness (QED) is 0.872. The number of sulfonamides is 1. The molecule has 0 spiro atoms. The summed E-state index contributed by atoms with van der Waals surface area (Å²) in [4.78, 5) is 13.5. The van der Waals surface area contributed by atoms with Crippen LogP contribution in [0.15, 0.2) is 29.2 Å². The zero-order chi connectivity index (χ0) is 15.6. The van der Waals surface area contributed by atoms with E-state index >= 15 is 0 Å². The fourth-order valence-corrected chi connectivity index (χ4v) is 3.79. The summed E-state index contributed by atoms with van der Waals surface area (Å²) in [5.41, 5.74) is 0.374. The highest BCUT2D eigenvalue weighted by Crippen LogP contribution is 2.20. The topological polar surface area (TPSA) is 69.7 Å². The van der Waals surface area contributed by atoms with Crippen LogP contribution in [0.25, 0.3) is 0 Å². The molecular formula is C14H21N3O3S. The second kappa shape index (κ2) is 6.13. The van der Waals surface area contributed by atoms with Gasteiger partial charge in [0.2, 0.25) is 10.0 Å². The first kappa shape index (κ1) is 15.9. The zero-order valence-corrected chi connectivity index (χ0v) is 13.4. The molecule has 0 radical (unpaired) electrons. The second-order valence-electron chi connectivity index (χ2n) is 5.40. The fraction of sp³-hybridized carbons (Fsp3) is 0.500. The van der Waals surface area contributed by atoms with E-state index in [1.54, 1.807) is 33.3 Å². The fourth-order valence-electron chi connectivity index (χ4n) is 2.36. The molecule has 1 fully saturated rings. The molecule has 2 rings (SSSR count). The third kappa shape index (κ3) is 3.25. The molecule has 1 amide bonds. The van der Waals surface area contributed by atoms with Crippen LogP contribution < -0.4 is 5.32 Å². The van der Waals surface area contributed by atoms with E-state index in [4.69, 9.17) is 0 Å². The molecule has 0 saturated carbocycles. The van der Waals surface area contributed by atoms with Crippen LogP contribution in [-0.2, 0) is 10.0 Å². The Hall–Kier alpha value is -1.44. The molecule has 6 nitrogen and oxygen atoms in total. The minimum Gasteiger partial charge on any atom is -0.345 e. The van der Waals surface area contributed by atoms with Crippen LogP contribution in [0.5, 0.6) is 0 Å². The van der Waals surface area contributed by atoms with Crippen molar-refractivity contribution in [3.8, 4) is 0 Å². The van der Waals surface area contributed by atoms with Crippen molar-refractivity contribution in [3.63, 3.8) is 0 Å².